The van der Waals surface area contributed by atoms with Gasteiger partial charge in [-0.25, -0.2) is 8.42 Å². The van der Waals surface area contributed by atoms with Crippen LogP contribution < -0.4 is 0 Å². The summed E-state index contributed by atoms with van der Waals surface area (Å²) in [6, 6.07) is 5.34. The quantitative estimate of drug-likeness (QED) is 0.225. The predicted molar refractivity (Wildman–Crippen MR) is 99.3 cm³/mol. The van der Waals surface area contributed by atoms with Crippen molar-refractivity contribution in [2.75, 3.05) is 32.6 Å². The van der Waals surface area contributed by atoms with Crippen molar-refractivity contribution in [2.45, 2.75) is 4.90 Å². The molecule has 0 aromatic heterocycles. The maximum absolute atomic E-state index is 12.8. The maximum Gasteiger partial charge on any atom is 0.289 e. The lowest BCUT2D eigenvalue weighted by molar-refractivity contribution is -0.387. The molecule has 0 unspecified atom stereocenters. The second-order valence-electron chi connectivity index (χ2n) is 4.33. The summed E-state index contributed by atoms with van der Waals surface area (Å²) >= 11 is 2.14. The molecule has 0 bridgehead atoms. The van der Waals surface area contributed by atoms with Gasteiger partial charge in [0.25, 0.3) is 5.69 Å². The fraction of sp³-hybridized carbons (Fsp3) is 0.385. The number of benzene rings is 1. The topological polar surface area (TPSA) is 89.8 Å². The molecule has 7 nitrogen and oxygen atoms in total. The highest BCUT2D eigenvalue weighted by Crippen LogP contribution is 2.26. The van der Waals surface area contributed by atoms with Crippen molar-refractivity contribution in [2.24, 2.45) is 0 Å². The summed E-state index contributed by atoms with van der Waals surface area (Å²) < 4.78 is 31.6. The highest BCUT2D eigenvalue weighted by atomic mass is 127. The summed E-state index contributed by atoms with van der Waals surface area (Å²) in [5.74, 6) is 0.754. The average Bonchev–Trinajstić information content (AvgIpc) is 2.54. The first kappa shape index (κ1) is 20.4. The van der Waals surface area contributed by atoms with Crippen LogP contribution in [0, 0.1) is 10.1 Å². The number of para-hydroxylation sites is 1. The van der Waals surface area contributed by atoms with E-state index in [-0.39, 0.29) is 24.6 Å². The van der Waals surface area contributed by atoms with Crippen LogP contribution in [0.25, 0.3) is 0 Å². The van der Waals surface area contributed by atoms with Gasteiger partial charge in [-0.2, -0.15) is 4.31 Å². The second kappa shape index (κ2) is 10.2. The normalized spacial score (nSPS) is 12.1. The third kappa shape index (κ3) is 6.03. The lowest BCUT2D eigenvalue weighted by atomic mass is 10.3. The molecule has 0 aliphatic rings. The summed E-state index contributed by atoms with van der Waals surface area (Å²) in [6.45, 7) is 0.455. The minimum Gasteiger partial charge on any atom is -0.383 e. The van der Waals surface area contributed by atoms with Crippen molar-refractivity contribution >= 4 is 45.8 Å². The number of nitro benzene ring substituents is 1. The number of nitrogens with zero attached hydrogens (tertiary/aromatic N) is 2. The van der Waals surface area contributed by atoms with Gasteiger partial charge in [0.05, 0.1) is 11.5 Å². The molecule has 0 aliphatic carbocycles. The molecule has 23 heavy (non-hydrogen) atoms. The second-order valence-corrected chi connectivity index (χ2v) is 8.65. The fourth-order valence-electron chi connectivity index (χ4n) is 1.76. The molecule has 0 atom stereocenters. The highest BCUT2D eigenvalue weighted by Gasteiger charge is 2.30. The van der Waals surface area contributed by atoms with Crippen molar-refractivity contribution in [3.63, 3.8) is 0 Å². The van der Waals surface area contributed by atoms with E-state index in [2.05, 4.69) is 21.2 Å². The predicted octanol–water partition coefficient (Wildman–Crippen LogP) is 2.87. The van der Waals surface area contributed by atoms with E-state index in [1.807, 2.05) is 6.08 Å². The summed E-state index contributed by atoms with van der Waals surface area (Å²) in [6.07, 6.45) is 3.58. The molecule has 0 heterocycles. The average molecular weight is 472 g/mol. The Bertz CT molecular complexity index is 652. The van der Waals surface area contributed by atoms with Crippen LogP contribution in [-0.2, 0) is 14.8 Å². The lowest BCUT2D eigenvalue weighted by Crippen LogP contribution is -2.34. The molecule has 0 spiro atoms. The van der Waals surface area contributed by atoms with Crippen molar-refractivity contribution in [1.82, 2.24) is 4.31 Å². The van der Waals surface area contributed by atoms with E-state index < -0.39 is 20.6 Å². The van der Waals surface area contributed by atoms with Crippen LogP contribution in [0.5, 0.6) is 0 Å². The third-order valence-corrected chi connectivity index (χ3v) is 6.17. The van der Waals surface area contributed by atoms with Crippen molar-refractivity contribution in [3.8, 4) is 0 Å². The van der Waals surface area contributed by atoms with E-state index in [4.69, 9.17) is 4.74 Å². The number of hydrogen-bond acceptors (Lipinski definition) is 6. The first-order valence-corrected chi connectivity index (χ1v) is 11.5. The van der Waals surface area contributed by atoms with Gasteiger partial charge in [0.15, 0.2) is 4.90 Å². The Morgan fingerprint density at radius 2 is 2.09 bits per heavy atom. The summed E-state index contributed by atoms with van der Waals surface area (Å²) in [7, 11) is -0.931. The molecule has 1 aromatic rings. The Hall–Kier alpha value is -0.690. The van der Waals surface area contributed by atoms with Gasteiger partial charge in [0, 0.05) is 32.0 Å². The minimum atomic E-state index is -3.98. The molecule has 0 aliphatic heterocycles. The number of sulfonamides is 1. The van der Waals surface area contributed by atoms with Gasteiger partial charge in [-0.05, 0) is 27.3 Å². The Morgan fingerprint density at radius 3 is 2.70 bits per heavy atom. The molecular formula is C13H17IN2O5S2. The number of halogens is 1. The number of nitro groups is 1. The summed E-state index contributed by atoms with van der Waals surface area (Å²) in [4.78, 5) is 10.1. The molecule has 0 amide bonds. The SMILES string of the molecule is COCCN(C/C=C/CSI)S(=O)(=O)c1ccccc1[N+](=O)[O-]. The van der Waals surface area contributed by atoms with Gasteiger partial charge in [0.2, 0.25) is 10.0 Å². The molecular weight excluding hydrogens is 455 g/mol. The summed E-state index contributed by atoms with van der Waals surface area (Å²) in [5.41, 5.74) is -0.429. The van der Waals surface area contributed by atoms with E-state index in [1.165, 1.54) is 35.7 Å². The Morgan fingerprint density at radius 1 is 1.39 bits per heavy atom. The van der Waals surface area contributed by atoms with Gasteiger partial charge in [-0.15, -0.1) is 0 Å². The molecule has 10 heteroatoms. The highest BCUT2D eigenvalue weighted by molar-refractivity contribution is 14.2. The van der Waals surface area contributed by atoms with Crippen LogP contribution >= 0.6 is 30.1 Å². The Kier molecular flexibility index (Phi) is 9.06. The van der Waals surface area contributed by atoms with Crippen molar-refractivity contribution in [3.05, 3.63) is 46.5 Å². The number of hydrogen-bond donors (Lipinski definition) is 0. The van der Waals surface area contributed by atoms with Gasteiger partial charge < -0.3 is 4.74 Å². The largest absolute Gasteiger partial charge is 0.383 e. The zero-order chi connectivity index (χ0) is 17.3. The van der Waals surface area contributed by atoms with E-state index in [0.29, 0.717) is 0 Å². The van der Waals surface area contributed by atoms with Crippen LogP contribution in [0.15, 0.2) is 41.3 Å². The third-order valence-electron chi connectivity index (χ3n) is 2.86. The van der Waals surface area contributed by atoms with Gasteiger partial charge in [-0.1, -0.05) is 33.2 Å². The van der Waals surface area contributed by atoms with Gasteiger partial charge >= 0.3 is 0 Å². The Balaban J connectivity index is 3.14. The van der Waals surface area contributed by atoms with Gasteiger partial charge in [0.1, 0.15) is 0 Å². The molecule has 128 valence electrons. The molecule has 0 saturated heterocycles. The minimum absolute atomic E-state index is 0.118. The monoisotopic (exact) mass is 472 g/mol. The number of ether oxygens (including phenoxy) is 1. The zero-order valence-electron chi connectivity index (χ0n) is 12.4. The fourth-order valence-corrected chi connectivity index (χ4v) is 4.13. The summed E-state index contributed by atoms with van der Waals surface area (Å²) in [5, 5.41) is 11.1. The van der Waals surface area contributed by atoms with Crippen LogP contribution in [-0.4, -0.2) is 50.2 Å². The number of methoxy groups -OCH3 is 1. The molecule has 1 aromatic carbocycles. The molecule has 0 saturated carbocycles. The van der Waals surface area contributed by atoms with Crippen molar-refractivity contribution in [1.29, 1.82) is 0 Å². The van der Waals surface area contributed by atoms with E-state index >= 15 is 0 Å². The van der Waals surface area contributed by atoms with Crippen LogP contribution in [0.2, 0.25) is 0 Å². The maximum atomic E-state index is 12.8. The van der Waals surface area contributed by atoms with Crippen LogP contribution in [0.3, 0.4) is 0 Å². The van der Waals surface area contributed by atoms with E-state index in [1.54, 1.807) is 15.0 Å². The molecule has 0 N–H and O–H groups in total. The van der Waals surface area contributed by atoms with Crippen molar-refractivity contribution < 1.29 is 18.1 Å². The first-order chi connectivity index (χ1) is 10.9. The zero-order valence-corrected chi connectivity index (χ0v) is 16.2. The standard InChI is InChI=1S/C13H17IN2O5S2/c1-21-10-9-15(8-4-5-11-22-14)23(19,20)13-7-3-2-6-12(13)16(17)18/h2-7H,8-11H2,1H3/b5-4+. The number of rotatable bonds is 10. The van der Waals surface area contributed by atoms with Gasteiger partial charge in [-0.3, -0.25) is 10.1 Å². The molecule has 0 radical (unpaired) electrons. The van der Waals surface area contributed by atoms with E-state index in [0.717, 1.165) is 5.75 Å². The van der Waals surface area contributed by atoms with Crippen LogP contribution in [0.1, 0.15) is 0 Å². The molecule has 1 rings (SSSR count). The van der Waals surface area contributed by atoms with Crippen LogP contribution in [0.4, 0.5) is 5.69 Å². The molecule has 0 fully saturated rings. The van der Waals surface area contributed by atoms with E-state index in [9.17, 15) is 18.5 Å². The smallest absolute Gasteiger partial charge is 0.289 e. The first-order valence-electron chi connectivity index (χ1n) is 6.56. The lowest BCUT2D eigenvalue weighted by Gasteiger charge is -2.20. The Labute approximate surface area is 151 Å².